The number of carbonyl (C=O) groups is 1. The lowest BCUT2D eigenvalue weighted by atomic mass is 9.96. The van der Waals surface area contributed by atoms with E-state index in [0.717, 1.165) is 6.07 Å². The third kappa shape index (κ3) is 5.79. The molecular weight excluding hydrogens is 561 g/mol. The highest BCUT2D eigenvalue weighted by molar-refractivity contribution is 6.10. The van der Waals surface area contributed by atoms with Gasteiger partial charge in [0.25, 0.3) is 5.91 Å². The molecule has 13 heteroatoms. The number of aromatic nitrogens is 4. The molecule has 1 amide bonds. The summed E-state index contributed by atoms with van der Waals surface area (Å²) < 4.78 is 44.4. The van der Waals surface area contributed by atoms with Crippen molar-refractivity contribution in [2.75, 3.05) is 37.4 Å². The van der Waals surface area contributed by atoms with Crippen molar-refractivity contribution in [2.24, 2.45) is 7.05 Å². The van der Waals surface area contributed by atoms with E-state index >= 15 is 0 Å². The number of amides is 1. The highest BCUT2D eigenvalue weighted by atomic mass is 19.4. The molecule has 43 heavy (non-hydrogen) atoms. The van der Waals surface area contributed by atoms with Gasteiger partial charge in [0.1, 0.15) is 18.0 Å². The van der Waals surface area contributed by atoms with Gasteiger partial charge >= 0.3 is 6.18 Å². The molecule has 1 aliphatic heterocycles. The molecule has 2 aromatic heterocycles. The Morgan fingerprint density at radius 2 is 1.91 bits per heavy atom. The molecule has 0 unspecified atom stereocenters. The van der Waals surface area contributed by atoms with Crippen LogP contribution in [0.5, 0.6) is 0 Å². The van der Waals surface area contributed by atoms with Crippen molar-refractivity contribution in [1.29, 1.82) is 5.26 Å². The second-order valence-electron chi connectivity index (χ2n) is 10.5. The van der Waals surface area contributed by atoms with E-state index in [1.165, 1.54) is 17.3 Å². The number of hydrogen-bond donors (Lipinski definition) is 2. The van der Waals surface area contributed by atoms with Crippen molar-refractivity contribution in [3.8, 4) is 28.6 Å². The third-order valence-electron chi connectivity index (χ3n) is 7.15. The van der Waals surface area contributed by atoms with Crippen LogP contribution in [0, 0.1) is 11.3 Å². The van der Waals surface area contributed by atoms with Crippen LogP contribution < -0.4 is 10.2 Å². The number of halogens is 3. The molecule has 0 bridgehead atoms. The van der Waals surface area contributed by atoms with Gasteiger partial charge in [0.15, 0.2) is 5.82 Å². The molecule has 1 atom stereocenters. The number of anilines is 2. The molecular formula is C30H29F3N8O2. The SMILES string of the molecule is CCNc1cc(-c2ccc(C#N)cc2-c2nncn2C)cc(N2Cc3c(cc([C@@H](O)CN(C)C)cc3C(F)(F)F)C2=O)n1. The quantitative estimate of drug-likeness (QED) is 0.305. The normalized spacial score (nSPS) is 13.8. The molecule has 5 rings (SSSR count). The maximum absolute atomic E-state index is 14.2. The monoisotopic (exact) mass is 590 g/mol. The number of aliphatic hydroxyl groups excluding tert-OH is 1. The second-order valence-corrected chi connectivity index (χ2v) is 10.5. The zero-order valence-corrected chi connectivity index (χ0v) is 23.9. The number of nitriles is 1. The van der Waals surface area contributed by atoms with E-state index in [2.05, 4.69) is 26.6 Å². The van der Waals surface area contributed by atoms with Crippen molar-refractivity contribution < 1.29 is 23.1 Å². The maximum atomic E-state index is 14.2. The summed E-state index contributed by atoms with van der Waals surface area (Å²) in [5.74, 6) is 0.398. The van der Waals surface area contributed by atoms with Crippen molar-refractivity contribution in [1.82, 2.24) is 24.6 Å². The summed E-state index contributed by atoms with van der Waals surface area (Å²) in [6.07, 6.45) is -4.44. The second kappa shape index (κ2) is 11.5. The number of fused-ring (bicyclic) bond motifs is 1. The lowest BCUT2D eigenvalue weighted by molar-refractivity contribution is -0.138. The van der Waals surface area contributed by atoms with Crippen molar-refractivity contribution in [2.45, 2.75) is 25.7 Å². The topological polar surface area (TPSA) is 123 Å². The smallest absolute Gasteiger partial charge is 0.387 e. The number of nitrogens with zero attached hydrogens (tertiary/aromatic N) is 7. The van der Waals surface area contributed by atoms with E-state index in [4.69, 9.17) is 0 Å². The van der Waals surface area contributed by atoms with Crippen molar-refractivity contribution in [3.05, 3.63) is 76.6 Å². The van der Waals surface area contributed by atoms with Crippen LogP contribution in [-0.4, -0.2) is 62.8 Å². The average molecular weight is 591 g/mol. The summed E-state index contributed by atoms with van der Waals surface area (Å²) >= 11 is 0. The first kappa shape index (κ1) is 29.7. The van der Waals surface area contributed by atoms with Gasteiger partial charge in [-0.1, -0.05) is 6.07 Å². The van der Waals surface area contributed by atoms with Crippen LogP contribution in [0.3, 0.4) is 0 Å². The fraction of sp³-hybridized carbons (Fsp3) is 0.300. The number of pyridine rings is 1. The predicted molar refractivity (Wildman–Crippen MR) is 154 cm³/mol. The maximum Gasteiger partial charge on any atom is 0.416 e. The molecule has 3 heterocycles. The number of nitrogens with one attached hydrogen (secondary N) is 1. The standard InChI is InChI=1S/C30H29F3N8O2/c1-5-35-26-11-18(20-7-6-17(13-34)8-21(20)28-38-36-16-40(28)4)12-27(37-26)41-14-23-22(29(41)43)9-19(25(42)15-39(2)3)10-24(23)30(31,32)33/h6-12,16,25,42H,5,14-15H2,1-4H3,(H,35,37)/t25-/m0/s1. The predicted octanol–water partition coefficient (Wildman–Crippen LogP) is 4.62. The number of benzene rings is 2. The first-order chi connectivity index (χ1) is 20.4. The minimum absolute atomic E-state index is 0.0101. The van der Waals surface area contributed by atoms with Crippen LogP contribution in [0.2, 0.25) is 0 Å². The van der Waals surface area contributed by atoms with Gasteiger partial charge in [0, 0.05) is 31.3 Å². The summed E-state index contributed by atoms with van der Waals surface area (Å²) in [4.78, 5) is 21.1. The summed E-state index contributed by atoms with van der Waals surface area (Å²) in [6.45, 7) is 2.10. The van der Waals surface area contributed by atoms with Crippen LogP contribution in [0.4, 0.5) is 24.8 Å². The molecule has 0 saturated carbocycles. The third-order valence-corrected chi connectivity index (χ3v) is 7.15. The van der Waals surface area contributed by atoms with Crippen molar-refractivity contribution >= 4 is 17.5 Å². The van der Waals surface area contributed by atoms with Crippen LogP contribution >= 0.6 is 0 Å². The van der Waals surface area contributed by atoms with Gasteiger partial charge in [0.2, 0.25) is 0 Å². The number of hydrogen-bond acceptors (Lipinski definition) is 8. The highest BCUT2D eigenvalue weighted by Crippen LogP contribution is 2.41. The summed E-state index contributed by atoms with van der Waals surface area (Å²) in [5.41, 5.74) is 1.02. The van der Waals surface area contributed by atoms with Gasteiger partial charge in [-0.05, 0) is 79.7 Å². The van der Waals surface area contributed by atoms with E-state index in [-0.39, 0.29) is 35.6 Å². The van der Waals surface area contributed by atoms with E-state index in [9.17, 15) is 28.3 Å². The van der Waals surface area contributed by atoms with Crippen LogP contribution in [0.1, 0.15) is 45.6 Å². The van der Waals surface area contributed by atoms with Gasteiger partial charge in [-0.3, -0.25) is 9.69 Å². The van der Waals surface area contributed by atoms with Gasteiger partial charge < -0.3 is 19.9 Å². The Kier molecular flexibility index (Phi) is 7.92. The summed E-state index contributed by atoms with van der Waals surface area (Å²) in [7, 11) is 5.15. The minimum Gasteiger partial charge on any atom is -0.387 e. The number of rotatable bonds is 8. The molecule has 10 nitrogen and oxygen atoms in total. The van der Waals surface area contributed by atoms with E-state index in [1.54, 1.807) is 60.9 Å². The van der Waals surface area contributed by atoms with Crippen molar-refractivity contribution in [3.63, 3.8) is 0 Å². The Bertz CT molecular complexity index is 1740. The molecule has 0 radical (unpaired) electrons. The number of aryl methyl sites for hydroxylation is 1. The van der Waals surface area contributed by atoms with E-state index in [1.807, 2.05) is 6.92 Å². The van der Waals surface area contributed by atoms with Crippen LogP contribution in [0.25, 0.3) is 22.5 Å². The molecule has 1 aliphatic rings. The number of likely N-dealkylation sites (N-methyl/N-ethyl adjacent to an activating group) is 1. The molecule has 222 valence electrons. The molecule has 2 aromatic carbocycles. The fourth-order valence-electron chi connectivity index (χ4n) is 5.17. The molecule has 4 aromatic rings. The number of carbonyl (C=O) groups excluding carboxylic acids is 1. The Hall–Kier alpha value is -4.80. The zero-order chi connectivity index (χ0) is 31.1. The number of aliphatic hydroxyl groups is 1. The molecule has 0 aliphatic carbocycles. The van der Waals surface area contributed by atoms with Crippen LogP contribution in [0.15, 0.2) is 48.8 Å². The number of alkyl halides is 3. The Labute approximate surface area is 246 Å². The molecule has 0 saturated heterocycles. The lowest BCUT2D eigenvalue weighted by Gasteiger charge is -2.19. The zero-order valence-electron chi connectivity index (χ0n) is 23.9. The molecule has 0 fully saturated rings. The highest BCUT2D eigenvalue weighted by Gasteiger charge is 2.41. The van der Waals surface area contributed by atoms with Gasteiger partial charge in [-0.25, -0.2) is 4.98 Å². The van der Waals surface area contributed by atoms with E-state index < -0.39 is 23.8 Å². The fourth-order valence-corrected chi connectivity index (χ4v) is 5.17. The lowest BCUT2D eigenvalue weighted by Crippen LogP contribution is -2.24. The largest absolute Gasteiger partial charge is 0.416 e. The van der Waals surface area contributed by atoms with Gasteiger partial charge in [-0.15, -0.1) is 10.2 Å². The Morgan fingerprint density at radius 3 is 2.53 bits per heavy atom. The summed E-state index contributed by atoms with van der Waals surface area (Å²) in [5, 5.41) is 31.4. The molecule has 0 spiro atoms. The van der Waals surface area contributed by atoms with Gasteiger partial charge in [0.05, 0.1) is 29.8 Å². The molecule has 2 N–H and O–H groups in total. The first-order valence-corrected chi connectivity index (χ1v) is 13.4. The first-order valence-electron chi connectivity index (χ1n) is 13.4. The summed E-state index contributed by atoms with van der Waals surface area (Å²) in [6, 6.07) is 12.8. The Morgan fingerprint density at radius 1 is 1.14 bits per heavy atom. The average Bonchev–Trinajstić information content (AvgIpc) is 3.53. The van der Waals surface area contributed by atoms with Gasteiger partial charge in [-0.2, -0.15) is 18.4 Å². The minimum atomic E-state index is -4.74. The Balaban J connectivity index is 1.64. The van der Waals surface area contributed by atoms with Crippen LogP contribution in [-0.2, 0) is 19.8 Å². The van der Waals surface area contributed by atoms with E-state index in [0.29, 0.717) is 40.4 Å².